The summed E-state index contributed by atoms with van der Waals surface area (Å²) in [7, 11) is -4.18. The molecule has 5 nitrogen and oxygen atoms in total. The minimum atomic E-state index is -4.67. The number of alkyl halides is 3. The third-order valence-electron chi connectivity index (χ3n) is 5.02. The molecule has 0 amide bonds. The molecule has 1 fully saturated rings. The van der Waals surface area contributed by atoms with Crippen molar-refractivity contribution in [1.29, 1.82) is 0 Å². The number of hydrogen-bond acceptors (Lipinski definition) is 5. The van der Waals surface area contributed by atoms with E-state index in [0.29, 0.717) is 24.2 Å². The van der Waals surface area contributed by atoms with Gasteiger partial charge in [-0.2, -0.15) is 17.5 Å². The number of nitrogens with zero attached hydrogens (tertiary/aromatic N) is 3. The number of thiazole rings is 1. The van der Waals surface area contributed by atoms with Gasteiger partial charge in [0.1, 0.15) is 4.90 Å². The second-order valence-electron chi connectivity index (χ2n) is 7.06. The smallest absolute Gasteiger partial charge is 0.345 e. The lowest BCUT2D eigenvalue weighted by molar-refractivity contribution is -0.137. The van der Waals surface area contributed by atoms with Gasteiger partial charge in [-0.3, -0.25) is 0 Å². The molecule has 0 aliphatic carbocycles. The van der Waals surface area contributed by atoms with Gasteiger partial charge in [0.2, 0.25) is 10.0 Å². The zero-order valence-corrected chi connectivity index (χ0v) is 19.5. The lowest BCUT2D eigenvalue weighted by Crippen LogP contribution is -2.48. The predicted molar refractivity (Wildman–Crippen MR) is 120 cm³/mol. The van der Waals surface area contributed by atoms with Crippen LogP contribution in [0.5, 0.6) is 0 Å². The second-order valence-corrected chi connectivity index (χ2v) is 10.6. The van der Waals surface area contributed by atoms with Crippen LogP contribution in [0.2, 0.25) is 10.0 Å². The van der Waals surface area contributed by atoms with E-state index in [9.17, 15) is 21.6 Å². The number of halogens is 5. The number of sulfonamides is 1. The van der Waals surface area contributed by atoms with Crippen molar-refractivity contribution in [2.24, 2.45) is 0 Å². The molecule has 170 valence electrons. The average molecular weight is 522 g/mol. The van der Waals surface area contributed by atoms with E-state index in [4.69, 9.17) is 23.2 Å². The highest BCUT2D eigenvalue weighted by Gasteiger charge is 2.35. The molecule has 2 aromatic carbocycles. The molecule has 2 heterocycles. The monoisotopic (exact) mass is 521 g/mol. The van der Waals surface area contributed by atoms with E-state index in [1.807, 2.05) is 22.4 Å². The van der Waals surface area contributed by atoms with Gasteiger partial charge in [-0.05, 0) is 30.3 Å². The first-order valence-electron chi connectivity index (χ1n) is 9.39. The van der Waals surface area contributed by atoms with Crippen molar-refractivity contribution in [3.63, 3.8) is 0 Å². The largest absolute Gasteiger partial charge is 0.416 e. The summed E-state index contributed by atoms with van der Waals surface area (Å²) in [6, 6.07) is 9.59. The van der Waals surface area contributed by atoms with Gasteiger partial charge in [-0.1, -0.05) is 35.3 Å². The van der Waals surface area contributed by atoms with Crippen LogP contribution in [-0.2, 0) is 16.2 Å². The highest BCUT2D eigenvalue weighted by Crippen LogP contribution is 2.35. The standard InChI is InChI=1S/C20H16Cl2F3N3O2S2/c21-15-4-1-13(2-5-15)17-12-31-19(26-17)27-7-9-28(10-8-27)32(29,30)18-11-14(20(23,24)25)3-6-16(18)22/h1-6,11-12H,7-10H2. The van der Waals surface area contributed by atoms with Gasteiger partial charge in [0.15, 0.2) is 5.13 Å². The summed E-state index contributed by atoms with van der Waals surface area (Å²) >= 11 is 13.3. The summed E-state index contributed by atoms with van der Waals surface area (Å²) in [5.41, 5.74) is 0.640. The molecule has 1 saturated heterocycles. The zero-order valence-electron chi connectivity index (χ0n) is 16.3. The van der Waals surface area contributed by atoms with E-state index < -0.39 is 26.7 Å². The molecule has 0 radical (unpaired) electrons. The number of aromatic nitrogens is 1. The van der Waals surface area contributed by atoms with Crippen LogP contribution in [0.1, 0.15) is 5.56 Å². The minimum Gasteiger partial charge on any atom is -0.345 e. The lowest BCUT2D eigenvalue weighted by atomic mass is 10.2. The molecule has 0 bridgehead atoms. The fraction of sp³-hybridized carbons (Fsp3) is 0.250. The Balaban J connectivity index is 1.49. The SMILES string of the molecule is O=S(=O)(c1cc(C(F)(F)F)ccc1Cl)N1CCN(c2nc(-c3ccc(Cl)cc3)cs2)CC1. The molecule has 32 heavy (non-hydrogen) atoms. The van der Waals surface area contributed by atoms with E-state index in [2.05, 4.69) is 4.98 Å². The Kier molecular flexibility index (Phi) is 6.43. The van der Waals surface area contributed by atoms with Crippen LogP contribution in [0.3, 0.4) is 0 Å². The van der Waals surface area contributed by atoms with Gasteiger partial charge in [-0.15, -0.1) is 11.3 Å². The number of benzene rings is 2. The highest BCUT2D eigenvalue weighted by atomic mass is 35.5. The van der Waals surface area contributed by atoms with Gasteiger partial charge in [0.25, 0.3) is 0 Å². The molecule has 12 heteroatoms. The van der Waals surface area contributed by atoms with Crippen LogP contribution in [0.25, 0.3) is 11.3 Å². The van der Waals surface area contributed by atoms with Gasteiger partial charge >= 0.3 is 6.18 Å². The Labute approximate surface area is 197 Å². The molecule has 0 saturated carbocycles. The van der Waals surface area contributed by atoms with E-state index in [-0.39, 0.29) is 18.1 Å². The molecule has 1 aromatic heterocycles. The number of rotatable bonds is 4. The zero-order chi connectivity index (χ0) is 23.1. The Morgan fingerprint density at radius 1 is 0.969 bits per heavy atom. The second kappa shape index (κ2) is 8.83. The molecule has 3 aromatic rings. The van der Waals surface area contributed by atoms with Gasteiger partial charge in [-0.25, -0.2) is 13.4 Å². The molecule has 0 N–H and O–H groups in total. The van der Waals surface area contributed by atoms with Crippen molar-refractivity contribution in [3.8, 4) is 11.3 Å². The maximum Gasteiger partial charge on any atom is 0.416 e. The van der Waals surface area contributed by atoms with E-state index in [0.717, 1.165) is 32.8 Å². The Morgan fingerprint density at radius 2 is 1.62 bits per heavy atom. The van der Waals surface area contributed by atoms with Crippen LogP contribution in [0, 0.1) is 0 Å². The van der Waals surface area contributed by atoms with Crippen LogP contribution < -0.4 is 4.90 Å². The van der Waals surface area contributed by atoms with Crippen LogP contribution in [0.15, 0.2) is 52.7 Å². The molecule has 1 aliphatic heterocycles. The molecule has 0 atom stereocenters. The summed E-state index contributed by atoms with van der Waals surface area (Å²) in [5, 5.41) is 3.03. The third-order valence-corrected chi connectivity index (χ3v) is 8.55. The van der Waals surface area contributed by atoms with Crippen LogP contribution in [-0.4, -0.2) is 43.9 Å². The minimum absolute atomic E-state index is 0.102. The fourth-order valence-corrected chi connectivity index (χ4v) is 6.24. The van der Waals surface area contributed by atoms with Gasteiger partial charge in [0.05, 0.1) is 16.3 Å². The summed E-state index contributed by atoms with van der Waals surface area (Å²) < 4.78 is 66.2. The van der Waals surface area contributed by atoms with Gasteiger partial charge in [0, 0.05) is 42.1 Å². The fourth-order valence-electron chi connectivity index (χ4n) is 3.30. The summed E-state index contributed by atoms with van der Waals surface area (Å²) in [4.78, 5) is 6.03. The number of anilines is 1. The Morgan fingerprint density at radius 3 is 2.25 bits per heavy atom. The summed E-state index contributed by atoms with van der Waals surface area (Å²) in [6.07, 6.45) is -4.67. The van der Waals surface area contributed by atoms with Crippen molar-refractivity contribution in [2.75, 3.05) is 31.1 Å². The highest BCUT2D eigenvalue weighted by molar-refractivity contribution is 7.89. The third kappa shape index (κ3) is 4.74. The molecule has 1 aliphatic rings. The summed E-state index contributed by atoms with van der Waals surface area (Å²) in [6.45, 7) is 0.905. The molecular formula is C20H16Cl2F3N3O2S2. The lowest BCUT2D eigenvalue weighted by Gasteiger charge is -2.34. The molecule has 4 rings (SSSR count). The Bertz CT molecular complexity index is 1220. The number of piperazine rings is 1. The Hall–Kier alpha value is -1.85. The van der Waals surface area contributed by atoms with Gasteiger partial charge < -0.3 is 4.90 Å². The molecule has 0 spiro atoms. The van der Waals surface area contributed by atoms with E-state index in [1.165, 1.54) is 11.3 Å². The van der Waals surface area contributed by atoms with Crippen molar-refractivity contribution in [2.45, 2.75) is 11.1 Å². The maximum absolute atomic E-state index is 13.0. The van der Waals surface area contributed by atoms with E-state index >= 15 is 0 Å². The van der Waals surface area contributed by atoms with E-state index in [1.54, 1.807) is 12.1 Å². The van der Waals surface area contributed by atoms with Crippen LogP contribution in [0.4, 0.5) is 18.3 Å². The van der Waals surface area contributed by atoms with Crippen molar-refractivity contribution in [1.82, 2.24) is 9.29 Å². The molecule has 0 unspecified atom stereocenters. The summed E-state index contributed by atoms with van der Waals surface area (Å²) in [5.74, 6) is 0. The van der Waals surface area contributed by atoms with Crippen molar-refractivity contribution in [3.05, 3.63) is 63.5 Å². The first-order chi connectivity index (χ1) is 15.1. The quantitative estimate of drug-likeness (QED) is 0.445. The first-order valence-corrected chi connectivity index (χ1v) is 12.5. The van der Waals surface area contributed by atoms with Crippen LogP contribution >= 0.6 is 34.5 Å². The molecular weight excluding hydrogens is 506 g/mol. The number of hydrogen-bond donors (Lipinski definition) is 0. The maximum atomic E-state index is 13.0. The van der Waals surface area contributed by atoms with Crippen molar-refractivity contribution >= 4 is 49.7 Å². The first kappa shape index (κ1) is 23.3. The topological polar surface area (TPSA) is 53.5 Å². The predicted octanol–water partition coefficient (Wildman–Crippen LogP) is 5.65. The van der Waals surface area contributed by atoms with Crippen molar-refractivity contribution < 1.29 is 21.6 Å². The normalized spacial score (nSPS) is 15.8. The average Bonchev–Trinajstić information content (AvgIpc) is 3.24.